The number of nitrogens with zero attached hydrogens (tertiary/aromatic N) is 2. The SMILES string of the molecule is CC[C@H](C(=O)NC1CCCCC1)N(Cc1ccccc1C)C(=O)CN(c1ccccc1Cl)S(=O)(=O)c1ccccc1. The molecule has 1 aliphatic rings. The summed E-state index contributed by atoms with van der Waals surface area (Å²) in [7, 11) is -4.16. The molecule has 41 heavy (non-hydrogen) atoms. The average Bonchev–Trinajstić information content (AvgIpc) is 2.98. The van der Waals surface area contributed by atoms with Crippen LogP contribution in [0.25, 0.3) is 0 Å². The van der Waals surface area contributed by atoms with Crippen molar-refractivity contribution in [2.24, 2.45) is 0 Å². The zero-order chi connectivity index (χ0) is 29.4. The fourth-order valence-electron chi connectivity index (χ4n) is 5.32. The van der Waals surface area contributed by atoms with Crippen LogP contribution in [0.5, 0.6) is 0 Å². The topological polar surface area (TPSA) is 86.8 Å². The van der Waals surface area contributed by atoms with Crippen LogP contribution in [-0.2, 0) is 26.2 Å². The van der Waals surface area contributed by atoms with E-state index in [1.165, 1.54) is 17.0 Å². The number of nitrogens with one attached hydrogen (secondary N) is 1. The third kappa shape index (κ3) is 7.49. The monoisotopic (exact) mass is 595 g/mol. The van der Waals surface area contributed by atoms with Gasteiger partial charge in [0, 0.05) is 12.6 Å². The van der Waals surface area contributed by atoms with Gasteiger partial charge in [-0.15, -0.1) is 0 Å². The van der Waals surface area contributed by atoms with Crippen LogP contribution in [0.1, 0.15) is 56.6 Å². The van der Waals surface area contributed by atoms with E-state index in [1.807, 2.05) is 38.1 Å². The van der Waals surface area contributed by atoms with Crippen molar-refractivity contribution in [1.82, 2.24) is 10.2 Å². The lowest BCUT2D eigenvalue weighted by atomic mass is 9.95. The molecular formula is C32H38ClN3O4S. The van der Waals surface area contributed by atoms with Crippen molar-refractivity contribution in [1.29, 1.82) is 0 Å². The van der Waals surface area contributed by atoms with E-state index in [0.29, 0.717) is 6.42 Å². The predicted octanol–water partition coefficient (Wildman–Crippen LogP) is 6.10. The Labute approximate surface area is 248 Å². The van der Waals surface area contributed by atoms with E-state index in [2.05, 4.69) is 5.32 Å². The molecule has 3 aromatic carbocycles. The minimum atomic E-state index is -4.16. The highest BCUT2D eigenvalue weighted by Gasteiger charge is 2.35. The van der Waals surface area contributed by atoms with Gasteiger partial charge in [0.1, 0.15) is 12.6 Å². The van der Waals surface area contributed by atoms with Gasteiger partial charge < -0.3 is 10.2 Å². The summed E-state index contributed by atoms with van der Waals surface area (Å²) in [6, 6.07) is 21.5. The number of halogens is 1. The Morgan fingerprint density at radius 3 is 2.22 bits per heavy atom. The highest BCUT2D eigenvalue weighted by Crippen LogP contribution is 2.31. The van der Waals surface area contributed by atoms with Crippen molar-refractivity contribution >= 4 is 39.1 Å². The van der Waals surface area contributed by atoms with E-state index in [-0.39, 0.29) is 34.1 Å². The van der Waals surface area contributed by atoms with Gasteiger partial charge in [-0.2, -0.15) is 0 Å². The minimum absolute atomic E-state index is 0.0419. The number of amides is 2. The Morgan fingerprint density at radius 1 is 0.927 bits per heavy atom. The van der Waals surface area contributed by atoms with E-state index in [0.717, 1.165) is 47.5 Å². The molecule has 1 fully saturated rings. The summed E-state index contributed by atoms with van der Waals surface area (Å²) in [6.07, 6.45) is 5.52. The fourth-order valence-corrected chi connectivity index (χ4v) is 7.06. The lowest BCUT2D eigenvalue weighted by Crippen LogP contribution is -2.54. The standard InChI is InChI=1S/C32H38ClN3O4S/c1-3-29(32(38)34-26-16-6-4-7-17-26)35(22-25-15-11-10-14-24(25)2)31(37)23-36(30-21-13-12-20-28(30)33)41(39,40)27-18-8-5-9-19-27/h5,8-15,18-21,26,29H,3-4,6-7,16-17,22-23H2,1-2H3,(H,34,38)/t29-/m1/s1. The molecule has 0 aliphatic heterocycles. The van der Waals surface area contributed by atoms with Crippen LogP contribution in [0, 0.1) is 6.92 Å². The summed E-state index contributed by atoms with van der Waals surface area (Å²) >= 11 is 6.48. The fraction of sp³-hybridized carbons (Fsp3) is 0.375. The predicted molar refractivity (Wildman–Crippen MR) is 163 cm³/mol. The minimum Gasteiger partial charge on any atom is -0.352 e. The van der Waals surface area contributed by atoms with Gasteiger partial charge in [0.25, 0.3) is 10.0 Å². The van der Waals surface area contributed by atoms with E-state index in [1.54, 1.807) is 42.5 Å². The van der Waals surface area contributed by atoms with Gasteiger partial charge in [-0.05, 0) is 61.6 Å². The Morgan fingerprint density at radius 2 is 1.56 bits per heavy atom. The first kappa shape index (κ1) is 30.6. The number of rotatable bonds is 11. The van der Waals surface area contributed by atoms with Crippen LogP contribution in [0.4, 0.5) is 5.69 Å². The second kappa shape index (κ2) is 14.0. The Kier molecular flexibility index (Phi) is 10.5. The molecule has 0 radical (unpaired) electrons. The van der Waals surface area contributed by atoms with E-state index in [9.17, 15) is 18.0 Å². The number of hydrogen-bond acceptors (Lipinski definition) is 4. The van der Waals surface area contributed by atoms with Gasteiger partial charge in [0.15, 0.2) is 0 Å². The second-order valence-electron chi connectivity index (χ2n) is 10.5. The van der Waals surface area contributed by atoms with Crippen molar-refractivity contribution in [2.75, 3.05) is 10.8 Å². The van der Waals surface area contributed by atoms with Gasteiger partial charge >= 0.3 is 0 Å². The maximum absolute atomic E-state index is 14.2. The third-order valence-electron chi connectivity index (χ3n) is 7.67. The van der Waals surface area contributed by atoms with Gasteiger partial charge in [-0.1, -0.05) is 92.4 Å². The normalized spacial score (nSPS) is 14.7. The highest BCUT2D eigenvalue weighted by molar-refractivity contribution is 7.92. The molecule has 1 N–H and O–H groups in total. The largest absolute Gasteiger partial charge is 0.352 e. The van der Waals surface area contributed by atoms with Crippen LogP contribution in [0.2, 0.25) is 5.02 Å². The molecule has 0 saturated heterocycles. The van der Waals surface area contributed by atoms with Crippen molar-refractivity contribution < 1.29 is 18.0 Å². The molecule has 2 amide bonds. The molecule has 4 rings (SSSR count). The molecule has 1 atom stereocenters. The van der Waals surface area contributed by atoms with Crippen molar-refractivity contribution in [2.45, 2.75) is 75.9 Å². The molecule has 0 aromatic heterocycles. The van der Waals surface area contributed by atoms with Gasteiger partial charge in [-0.25, -0.2) is 8.42 Å². The molecule has 3 aromatic rings. The first-order valence-corrected chi connectivity index (χ1v) is 16.0. The van der Waals surface area contributed by atoms with Gasteiger partial charge in [-0.3, -0.25) is 13.9 Å². The molecule has 0 unspecified atom stereocenters. The second-order valence-corrected chi connectivity index (χ2v) is 12.8. The lowest BCUT2D eigenvalue weighted by molar-refractivity contribution is -0.140. The maximum atomic E-state index is 14.2. The zero-order valence-electron chi connectivity index (χ0n) is 23.6. The van der Waals surface area contributed by atoms with Crippen LogP contribution in [-0.4, -0.2) is 43.8 Å². The molecule has 1 saturated carbocycles. The number of para-hydroxylation sites is 1. The van der Waals surface area contributed by atoms with Crippen LogP contribution < -0.4 is 9.62 Å². The van der Waals surface area contributed by atoms with Crippen molar-refractivity contribution in [3.8, 4) is 0 Å². The number of aryl methyl sites for hydroxylation is 1. The summed E-state index contributed by atoms with van der Waals surface area (Å²) in [6.45, 7) is 3.48. The summed E-state index contributed by atoms with van der Waals surface area (Å²) in [5, 5.41) is 3.37. The Bertz CT molecular complexity index is 1440. The average molecular weight is 596 g/mol. The van der Waals surface area contributed by atoms with E-state index in [4.69, 9.17) is 11.6 Å². The zero-order valence-corrected chi connectivity index (χ0v) is 25.2. The summed E-state index contributed by atoms with van der Waals surface area (Å²) < 4.78 is 28.9. The molecule has 0 bridgehead atoms. The van der Waals surface area contributed by atoms with E-state index >= 15 is 0 Å². The first-order chi connectivity index (χ1) is 19.7. The maximum Gasteiger partial charge on any atom is 0.264 e. The summed E-state index contributed by atoms with van der Waals surface area (Å²) in [5.74, 6) is -0.699. The van der Waals surface area contributed by atoms with Crippen LogP contribution >= 0.6 is 11.6 Å². The van der Waals surface area contributed by atoms with E-state index < -0.39 is 28.5 Å². The molecule has 218 valence electrons. The molecule has 0 spiro atoms. The van der Waals surface area contributed by atoms with Crippen molar-refractivity contribution in [3.63, 3.8) is 0 Å². The van der Waals surface area contributed by atoms with Crippen LogP contribution in [0.3, 0.4) is 0 Å². The molecular weight excluding hydrogens is 558 g/mol. The number of sulfonamides is 1. The number of hydrogen-bond donors (Lipinski definition) is 1. The Balaban J connectivity index is 1.71. The smallest absolute Gasteiger partial charge is 0.264 e. The Hall–Kier alpha value is -3.36. The number of carbonyl (C=O) groups is 2. The number of anilines is 1. The first-order valence-electron chi connectivity index (χ1n) is 14.2. The molecule has 0 heterocycles. The highest BCUT2D eigenvalue weighted by atomic mass is 35.5. The molecule has 7 nitrogen and oxygen atoms in total. The quantitative estimate of drug-likeness (QED) is 0.290. The number of carbonyl (C=O) groups excluding carboxylic acids is 2. The third-order valence-corrected chi connectivity index (χ3v) is 9.76. The number of benzene rings is 3. The summed E-state index contributed by atoms with van der Waals surface area (Å²) in [4.78, 5) is 29.4. The molecule has 1 aliphatic carbocycles. The van der Waals surface area contributed by atoms with Gasteiger partial charge in [0.05, 0.1) is 15.6 Å². The lowest BCUT2D eigenvalue weighted by Gasteiger charge is -2.35. The van der Waals surface area contributed by atoms with Crippen LogP contribution in [0.15, 0.2) is 83.8 Å². The summed E-state index contributed by atoms with van der Waals surface area (Å²) in [5.41, 5.74) is 2.06. The van der Waals surface area contributed by atoms with Crippen molar-refractivity contribution in [3.05, 3.63) is 95.0 Å². The van der Waals surface area contributed by atoms with Gasteiger partial charge in [0.2, 0.25) is 11.8 Å². The molecule has 9 heteroatoms.